The number of hydrogen-bond donors (Lipinski definition) is 2. The first-order valence-electron chi connectivity index (χ1n) is 20.7. The molecule has 4 unspecified atom stereocenters. The average molecular weight is 785 g/mol. The molecule has 1 spiro atoms. The van der Waals surface area contributed by atoms with Gasteiger partial charge >= 0.3 is 11.9 Å². The number of aliphatic hydroxyl groups excluding tert-OH is 1. The predicted octanol–water partition coefficient (Wildman–Crippen LogP) is 5.80. The molecule has 5 heterocycles. The SMILES string of the molecule is CCC(=O)O[C@H]1[C@H](C)OC(O[C@@H]2/C(C)=C/C[C@@H]3C[C@@H](CC4(C=C[C@H](C)[C@@H](C(C)CC)O4)O3)OC(=O)C3C=C(C)[C@@H](O)[C@H]4OC/C(=C\C=C\[C@@H]2C)[C@@]34O)C[C@@H]1OC. The molecule has 12 nitrogen and oxygen atoms in total. The Labute approximate surface area is 332 Å². The molecule has 312 valence electrons. The molecule has 2 N–H and O–H groups in total. The molecule has 56 heavy (non-hydrogen) atoms. The van der Waals surface area contributed by atoms with Gasteiger partial charge in [0.05, 0.1) is 31.0 Å². The lowest BCUT2D eigenvalue weighted by atomic mass is 9.71. The highest BCUT2D eigenvalue weighted by atomic mass is 16.7. The Bertz CT molecular complexity index is 1580. The van der Waals surface area contributed by atoms with E-state index in [4.69, 9.17) is 37.9 Å². The topological polar surface area (TPSA) is 148 Å². The number of aliphatic hydroxyl groups is 2. The van der Waals surface area contributed by atoms with Crippen LogP contribution in [0.15, 0.2) is 59.3 Å². The van der Waals surface area contributed by atoms with Crippen LogP contribution in [0.5, 0.6) is 0 Å². The highest BCUT2D eigenvalue weighted by Gasteiger charge is 2.60. The first-order valence-corrected chi connectivity index (χ1v) is 20.7. The molecule has 0 saturated carbocycles. The lowest BCUT2D eigenvalue weighted by Crippen LogP contribution is -2.58. The molecule has 3 saturated heterocycles. The quantitative estimate of drug-likeness (QED) is 0.237. The van der Waals surface area contributed by atoms with E-state index in [9.17, 15) is 19.8 Å². The van der Waals surface area contributed by atoms with Crippen molar-refractivity contribution in [3.63, 3.8) is 0 Å². The Morgan fingerprint density at radius 1 is 1.05 bits per heavy atom. The lowest BCUT2D eigenvalue weighted by molar-refractivity contribution is -0.300. The molecule has 0 aromatic carbocycles. The zero-order valence-corrected chi connectivity index (χ0v) is 34.6. The van der Waals surface area contributed by atoms with Crippen molar-refractivity contribution in [3.8, 4) is 0 Å². The number of hydrogen-bond acceptors (Lipinski definition) is 12. The van der Waals surface area contributed by atoms with E-state index in [-0.39, 0.29) is 49.0 Å². The van der Waals surface area contributed by atoms with Gasteiger partial charge < -0.3 is 48.1 Å². The molecule has 5 aliphatic heterocycles. The summed E-state index contributed by atoms with van der Waals surface area (Å²) in [6, 6.07) is 0. The van der Waals surface area contributed by atoms with Crippen molar-refractivity contribution in [1.82, 2.24) is 0 Å². The second-order valence-electron chi connectivity index (χ2n) is 16.9. The predicted molar refractivity (Wildman–Crippen MR) is 207 cm³/mol. The second kappa shape index (κ2) is 17.7. The first kappa shape index (κ1) is 42.9. The number of rotatable bonds is 7. The van der Waals surface area contributed by atoms with E-state index >= 15 is 0 Å². The summed E-state index contributed by atoms with van der Waals surface area (Å²) in [7, 11) is 1.60. The van der Waals surface area contributed by atoms with Crippen molar-refractivity contribution in [2.45, 2.75) is 167 Å². The maximum absolute atomic E-state index is 14.3. The van der Waals surface area contributed by atoms with Gasteiger partial charge in [-0.3, -0.25) is 9.59 Å². The van der Waals surface area contributed by atoms with Gasteiger partial charge in [0.1, 0.15) is 35.9 Å². The fourth-order valence-electron chi connectivity index (χ4n) is 9.26. The van der Waals surface area contributed by atoms with Crippen molar-refractivity contribution in [2.24, 2.45) is 23.7 Å². The highest BCUT2D eigenvalue weighted by molar-refractivity contribution is 5.78. The maximum Gasteiger partial charge on any atom is 0.316 e. The molecule has 1 aliphatic carbocycles. The van der Waals surface area contributed by atoms with Crippen molar-refractivity contribution in [2.75, 3.05) is 13.7 Å². The van der Waals surface area contributed by atoms with Crippen LogP contribution in [-0.4, -0.2) is 108 Å². The second-order valence-corrected chi connectivity index (χ2v) is 16.9. The minimum Gasteiger partial charge on any atom is -0.462 e. The van der Waals surface area contributed by atoms with E-state index in [0.717, 1.165) is 12.0 Å². The third kappa shape index (κ3) is 8.69. The van der Waals surface area contributed by atoms with Crippen molar-refractivity contribution < 1.29 is 57.7 Å². The van der Waals surface area contributed by atoms with Crippen LogP contribution >= 0.6 is 0 Å². The molecule has 3 fully saturated rings. The van der Waals surface area contributed by atoms with Crippen LogP contribution in [0.4, 0.5) is 0 Å². The summed E-state index contributed by atoms with van der Waals surface area (Å²) in [4.78, 5) is 26.5. The Hall–Kier alpha value is -2.68. The molecule has 16 atom stereocenters. The zero-order valence-electron chi connectivity index (χ0n) is 34.6. The van der Waals surface area contributed by atoms with Crippen LogP contribution in [0, 0.1) is 23.7 Å². The molecule has 6 rings (SSSR count). The zero-order chi connectivity index (χ0) is 40.5. The van der Waals surface area contributed by atoms with Gasteiger partial charge in [-0.15, -0.1) is 0 Å². The summed E-state index contributed by atoms with van der Waals surface area (Å²) in [6.07, 6.45) is 10.5. The number of carbonyl (C=O) groups is 2. The number of esters is 2. The van der Waals surface area contributed by atoms with E-state index in [1.165, 1.54) is 0 Å². The Morgan fingerprint density at radius 2 is 1.82 bits per heavy atom. The molecule has 6 aliphatic rings. The van der Waals surface area contributed by atoms with E-state index in [2.05, 4.69) is 32.9 Å². The molecular formula is C44H64O12. The number of fused-ring (bicyclic) bond motifs is 2. The van der Waals surface area contributed by atoms with E-state index in [1.54, 1.807) is 33.1 Å². The Morgan fingerprint density at radius 3 is 2.54 bits per heavy atom. The summed E-state index contributed by atoms with van der Waals surface area (Å²) < 4.78 is 50.7. The van der Waals surface area contributed by atoms with E-state index in [1.807, 2.05) is 39.0 Å². The molecule has 2 bridgehead atoms. The van der Waals surface area contributed by atoms with Crippen LogP contribution in [0.25, 0.3) is 0 Å². The van der Waals surface area contributed by atoms with Crippen molar-refractivity contribution in [1.29, 1.82) is 0 Å². The van der Waals surface area contributed by atoms with Gasteiger partial charge in [-0.05, 0) is 55.9 Å². The summed E-state index contributed by atoms with van der Waals surface area (Å²) in [5.41, 5.74) is 0.134. The van der Waals surface area contributed by atoms with E-state index in [0.29, 0.717) is 36.8 Å². The molecular weight excluding hydrogens is 720 g/mol. The number of carbonyl (C=O) groups excluding carboxylic acids is 2. The van der Waals surface area contributed by atoms with Gasteiger partial charge in [0.2, 0.25) is 0 Å². The average Bonchev–Trinajstić information content (AvgIpc) is 3.51. The maximum atomic E-state index is 14.3. The first-order chi connectivity index (χ1) is 26.6. The van der Waals surface area contributed by atoms with Crippen LogP contribution in [-0.2, 0) is 47.5 Å². The van der Waals surface area contributed by atoms with Crippen LogP contribution in [0.3, 0.4) is 0 Å². The van der Waals surface area contributed by atoms with Crippen LogP contribution in [0.1, 0.15) is 93.9 Å². The molecule has 0 amide bonds. The standard InChI is InChI=1S/C44H64O12/c1-10-24(3)39-27(6)17-18-43(56-39)22-32-20-31(55-43)16-15-26(5)38(54-36-21-34(49-9)40(29(8)51-36)53-35(45)11-2)25(4)13-12-14-30-23-50-41-37(46)28(7)19-33(42(47)52-32)44(30,41)48/h12-15,17-19,24-25,27,29,31-34,36-41,46,48H,10-11,16,20-23H2,1-9H3/b13-12+,26-15+,30-14+/t24?,25-,27-,29-,31+,32-,33?,34-,36?,37+,38-,39+,40-,41+,43?,44+/m0/s1. The number of ether oxygens (including phenoxy) is 8. The van der Waals surface area contributed by atoms with Gasteiger partial charge in [0.15, 0.2) is 18.2 Å². The molecule has 0 radical (unpaired) electrons. The highest BCUT2D eigenvalue weighted by Crippen LogP contribution is 2.47. The smallest absolute Gasteiger partial charge is 0.316 e. The van der Waals surface area contributed by atoms with E-state index < -0.39 is 72.3 Å². The lowest BCUT2D eigenvalue weighted by Gasteiger charge is -2.48. The van der Waals surface area contributed by atoms with Gasteiger partial charge in [0, 0.05) is 44.6 Å². The van der Waals surface area contributed by atoms with Gasteiger partial charge in [-0.2, -0.15) is 0 Å². The molecule has 0 aromatic heterocycles. The Kier molecular flexibility index (Phi) is 13.5. The minimum atomic E-state index is -1.83. The summed E-state index contributed by atoms with van der Waals surface area (Å²) in [5, 5.41) is 23.6. The third-order valence-corrected chi connectivity index (χ3v) is 12.8. The van der Waals surface area contributed by atoms with Crippen LogP contribution in [0.2, 0.25) is 0 Å². The molecule has 12 heteroatoms. The van der Waals surface area contributed by atoms with Crippen LogP contribution < -0.4 is 0 Å². The minimum absolute atomic E-state index is 0.0347. The molecule has 0 aromatic rings. The Balaban J connectivity index is 1.36. The summed E-state index contributed by atoms with van der Waals surface area (Å²) >= 11 is 0. The summed E-state index contributed by atoms with van der Waals surface area (Å²) in [6.45, 7) is 15.9. The summed E-state index contributed by atoms with van der Waals surface area (Å²) in [5.74, 6) is -2.85. The number of allylic oxidation sites excluding steroid dienone is 2. The third-order valence-electron chi connectivity index (χ3n) is 12.8. The van der Waals surface area contributed by atoms with Crippen molar-refractivity contribution >= 4 is 11.9 Å². The van der Waals surface area contributed by atoms with Gasteiger partial charge in [-0.25, -0.2) is 0 Å². The monoisotopic (exact) mass is 784 g/mol. The fourth-order valence-corrected chi connectivity index (χ4v) is 9.26. The number of methoxy groups -OCH3 is 1. The largest absolute Gasteiger partial charge is 0.462 e. The van der Waals surface area contributed by atoms with Gasteiger partial charge in [0.25, 0.3) is 0 Å². The normalized spacial score (nSPS) is 46.0. The van der Waals surface area contributed by atoms with Crippen molar-refractivity contribution in [3.05, 3.63) is 59.3 Å². The fraction of sp³-hybridized carbons (Fsp3) is 0.727. The van der Waals surface area contributed by atoms with Gasteiger partial charge in [-0.1, -0.05) is 77.5 Å².